The van der Waals surface area contributed by atoms with Crippen LogP contribution in [0.15, 0.2) is 13.2 Å². The highest BCUT2D eigenvalue weighted by Crippen LogP contribution is 2.13. The molecule has 3 nitrogen and oxygen atoms in total. The Morgan fingerprint density at radius 1 is 1.14 bits per heavy atom. The topological polar surface area (TPSA) is 44.5 Å². The van der Waals surface area contributed by atoms with Gasteiger partial charge in [0, 0.05) is 18.9 Å². The van der Waals surface area contributed by atoms with Crippen LogP contribution in [0.2, 0.25) is 6.55 Å². The van der Waals surface area contributed by atoms with Crippen LogP contribution >= 0.6 is 0 Å². The quantitative estimate of drug-likeness (QED) is 0.550. The zero-order chi connectivity index (χ0) is 11.6. The molecule has 1 unspecified atom stereocenters. The van der Waals surface area contributed by atoms with Crippen molar-refractivity contribution in [3.05, 3.63) is 13.2 Å². The highest BCUT2D eigenvalue weighted by Gasteiger charge is 2.37. The van der Waals surface area contributed by atoms with Crippen LogP contribution in [0.3, 0.4) is 0 Å². The van der Waals surface area contributed by atoms with Gasteiger partial charge in [-0.25, -0.2) is 0 Å². The highest BCUT2D eigenvalue weighted by atomic mass is 28.4. The average Bonchev–Trinajstić information content (AvgIpc) is 2.20. The van der Waals surface area contributed by atoms with Gasteiger partial charge in [0.1, 0.15) is 0 Å². The molecular formula is C10H25NO2Si. The molecule has 14 heavy (non-hydrogen) atoms. The van der Waals surface area contributed by atoms with Gasteiger partial charge in [-0.2, -0.15) is 0 Å². The molecule has 0 heterocycles. The van der Waals surface area contributed by atoms with Crippen LogP contribution in [0.5, 0.6) is 0 Å². The fourth-order valence-electron chi connectivity index (χ4n) is 1.20. The zero-order valence-electron chi connectivity index (χ0n) is 10.0. The van der Waals surface area contributed by atoms with Gasteiger partial charge < -0.3 is 14.6 Å². The first kappa shape index (κ1) is 16.3. The van der Waals surface area contributed by atoms with E-state index in [0.29, 0.717) is 13.2 Å². The van der Waals surface area contributed by atoms with Crippen molar-refractivity contribution in [2.24, 2.45) is 5.73 Å². The molecule has 0 bridgehead atoms. The van der Waals surface area contributed by atoms with Crippen molar-refractivity contribution in [2.45, 2.75) is 39.4 Å². The smallest absolute Gasteiger partial charge is 0.352 e. The van der Waals surface area contributed by atoms with Crippen molar-refractivity contribution in [1.82, 2.24) is 0 Å². The highest BCUT2D eigenvalue weighted by molar-refractivity contribution is 6.67. The maximum Gasteiger partial charge on any atom is 0.352 e. The van der Waals surface area contributed by atoms with Gasteiger partial charge in [0.15, 0.2) is 0 Å². The summed E-state index contributed by atoms with van der Waals surface area (Å²) in [5.41, 5.74) is 6.02. The van der Waals surface area contributed by atoms with E-state index in [1.54, 1.807) is 0 Å². The van der Waals surface area contributed by atoms with E-state index in [1.165, 1.54) is 0 Å². The van der Waals surface area contributed by atoms with E-state index in [9.17, 15) is 0 Å². The molecule has 0 aromatic rings. The van der Waals surface area contributed by atoms with Gasteiger partial charge in [-0.3, -0.25) is 0 Å². The number of nitrogens with two attached hydrogens (primary N) is 1. The van der Waals surface area contributed by atoms with Crippen molar-refractivity contribution in [1.29, 1.82) is 0 Å². The van der Waals surface area contributed by atoms with Crippen LogP contribution in [0.25, 0.3) is 0 Å². The van der Waals surface area contributed by atoms with Crippen molar-refractivity contribution in [2.75, 3.05) is 13.2 Å². The van der Waals surface area contributed by atoms with E-state index in [2.05, 4.69) is 20.1 Å². The van der Waals surface area contributed by atoms with E-state index in [4.69, 9.17) is 14.6 Å². The summed E-state index contributed by atoms with van der Waals surface area (Å²) in [6.07, 6.45) is 0.919. The fourth-order valence-corrected chi connectivity index (χ4v) is 3.60. The molecule has 4 heteroatoms. The van der Waals surface area contributed by atoms with Gasteiger partial charge in [0.05, 0.1) is 0 Å². The second kappa shape index (κ2) is 9.39. The first-order chi connectivity index (χ1) is 6.60. The lowest BCUT2D eigenvalue weighted by Gasteiger charge is -2.30. The molecule has 0 aliphatic rings. The Morgan fingerprint density at radius 2 is 1.50 bits per heavy atom. The molecule has 86 valence electrons. The SMILES string of the molecule is C=C.CCO[Si](C)(OCC)C(N)CC. The molecule has 0 aromatic carbocycles. The first-order valence-electron chi connectivity index (χ1n) is 5.14. The lowest BCUT2D eigenvalue weighted by atomic mass is 10.5. The summed E-state index contributed by atoms with van der Waals surface area (Å²) in [7, 11) is -2.08. The number of hydrogen-bond acceptors (Lipinski definition) is 3. The van der Waals surface area contributed by atoms with Crippen molar-refractivity contribution < 1.29 is 8.85 Å². The summed E-state index contributed by atoms with van der Waals surface area (Å²) in [5, 5.41) is 0. The minimum absolute atomic E-state index is 0.0809. The predicted molar refractivity (Wildman–Crippen MR) is 64.4 cm³/mol. The molecule has 0 aromatic heterocycles. The van der Waals surface area contributed by atoms with E-state index in [1.807, 2.05) is 20.4 Å². The monoisotopic (exact) mass is 219 g/mol. The summed E-state index contributed by atoms with van der Waals surface area (Å²) in [4.78, 5) is 0. The minimum atomic E-state index is -2.08. The van der Waals surface area contributed by atoms with Gasteiger partial charge in [-0.05, 0) is 26.8 Å². The van der Waals surface area contributed by atoms with Gasteiger partial charge in [0.2, 0.25) is 0 Å². The van der Waals surface area contributed by atoms with Crippen LogP contribution in [0.1, 0.15) is 27.2 Å². The van der Waals surface area contributed by atoms with Crippen LogP contribution in [0, 0.1) is 0 Å². The largest absolute Gasteiger partial charge is 0.394 e. The van der Waals surface area contributed by atoms with Gasteiger partial charge in [0.25, 0.3) is 0 Å². The second-order valence-electron chi connectivity index (χ2n) is 2.90. The lowest BCUT2D eigenvalue weighted by molar-refractivity contribution is 0.179. The van der Waals surface area contributed by atoms with Crippen LogP contribution in [-0.2, 0) is 8.85 Å². The predicted octanol–water partition coefficient (Wildman–Crippen LogP) is 2.21. The van der Waals surface area contributed by atoms with Crippen LogP contribution in [-0.4, -0.2) is 27.4 Å². The van der Waals surface area contributed by atoms with Gasteiger partial charge in [-0.1, -0.05) is 6.92 Å². The Hall–Kier alpha value is -0.163. The van der Waals surface area contributed by atoms with Crippen molar-refractivity contribution >= 4 is 8.56 Å². The number of rotatable bonds is 6. The normalized spacial score (nSPS) is 12.9. The molecule has 0 saturated carbocycles. The summed E-state index contributed by atoms with van der Waals surface area (Å²) in [5.74, 6) is 0. The average molecular weight is 219 g/mol. The first-order valence-corrected chi connectivity index (χ1v) is 7.53. The number of hydrogen-bond donors (Lipinski definition) is 1. The second-order valence-corrected chi connectivity index (χ2v) is 6.25. The molecule has 0 aliphatic carbocycles. The summed E-state index contributed by atoms with van der Waals surface area (Å²) in [6, 6.07) is 0. The molecule has 0 amide bonds. The van der Waals surface area contributed by atoms with E-state index in [-0.39, 0.29) is 5.67 Å². The third-order valence-electron chi connectivity index (χ3n) is 1.98. The van der Waals surface area contributed by atoms with E-state index in [0.717, 1.165) is 6.42 Å². The minimum Gasteiger partial charge on any atom is -0.394 e. The third-order valence-corrected chi connectivity index (χ3v) is 5.45. The molecular weight excluding hydrogens is 194 g/mol. The Kier molecular flexibility index (Phi) is 10.9. The molecule has 0 saturated heterocycles. The van der Waals surface area contributed by atoms with Crippen LogP contribution < -0.4 is 5.73 Å². The molecule has 0 aliphatic heterocycles. The van der Waals surface area contributed by atoms with Gasteiger partial charge >= 0.3 is 8.56 Å². The van der Waals surface area contributed by atoms with E-state index >= 15 is 0 Å². The standard InChI is InChI=1S/C8H21NO2Si.C2H4/c1-5-8(9)12(4,10-6-2)11-7-3;1-2/h8H,5-7,9H2,1-4H3;1-2H2. The molecule has 0 spiro atoms. The van der Waals surface area contributed by atoms with E-state index < -0.39 is 8.56 Å². The summed E-state index contributed by atoms with van der Waals surface area (Å²) < 4.78 is 11.2. The summed E-state index contributed by atoms with van der Waals surface area (Å²) >= 11 is 0. The Labute approximate surface area is 89.5 Å². The molecule has 0 fully saturated rings. The zero-order valence-corrected chi connectivity index (χ0v) is 11.0. The maximum atomic E-state index is 5.94. The van der Waals surface area contributed by atoms with Crippen LogP contribution in [0.4, 0.5) is 0 Å². The van der Waals surface area contributed by atoms with Crippen molar-refractivity contribution in [3.63, 3.8) is 0 Å². The fraction of sp³-hybridized carbons (Fsp3) is 0.800. The maximum absolute atomic E-state index is 5.94. The Balaban J connectivity index is 0. The van der Waals surface area contributed by atoms with Crippen molar-refractivity contribution in [3.8, 4) is 0 Å². The Bertz CT molecular complexity index is 127. The summed E-state index contributed by atoms with van der Waals surface area (Å²) in [6.45, 7) is 15.4. The third kappa shape index (κ3) is 5.54. The van der Waals surface area contributed by atoms with Gasteiger partial charge in [-0.15, -0.1) is 13.2 Å². The molecule has 0 rings (SSSR count). The molecule has 0 radical (unpaired) electrons. The Morgan fingerprint density at radius 3 is 1.71 bits per heavy atom. The molecule has 1 atom stereocenters. The molecule has 2 N–H and O–H groups in total. The lowest BCUT2D eigenvalue weighted by Crippen LogP contribution is -2.55.